The van der Waals surface area contributed by atoms with Crippen molar-refractivity contribution in [1.29, 1.82) is 0 Å². The van der Waals surface area contributed by atoms with Crippen LogP contribution in [0.3, 0.4) is 0 Å². The molecule has 1 fully saturated rings. The van der Waals surface area contributed by atoms with Crippen LogP contribution in [0.5, 0.6) is 0 Å². The van der Waals surface area contributed by atoms with Gasteiger partial charge in [0.2, 0.25) is 0 Å². The Labute approximate surface area is 145 Å². The highest BCUT2D eigenvalue weighted by Crippen LogP contribution is 2.28. The third kappa shape index (κ3) is 4.07. The molecule has 2 aromatic rings. The Bertz CT molecular complexity index is 792. The van der Waals surface area contributed by atoms with Crippen LogP contribution in [0.25, 0.3) is 5.69 Å². The van der Waals surface area contributed by atoms with Gasteiger partial charge in [0.25, 0.3) is 5.91 Å². The number of carbonyl (C=O) groups is 2. The Kier molecular flexibility index (Phi) is 4.88. The van der Waals surface area contributed by atoms with E-state index in [0.717, 1.165) is 29.9 Å². The maximum atomic E-state index is 13.1. The molecule has 1 N–H and O–H groups in total. The Morgan fingerprint density at radius 2 is 1.92 bits per heavy atom. The van der Waals surface area contributed by atoms with Gasteiger partial charge in [-0.2, -0.15) is 0 Å². The first kappa shape index (κ1) is 17.2. The van der Waals surface area contributed by atoms with E-state index in [9.17, 15) is 14.0 Å². The molecule has 1 aromatic heterocycles. The zero-order chi connectivity index (χ0) is 18.0. The minimum absolute atomic E-state index is 0.147. The van der Waals surface area contributed by atoms with Crippen molar-refractivity contribution < 1.29 is 18.7 Å². The summed E-state index contributed by atoms with van der Waals surface area (Å²) in [5.74, 6) is -0.569. The number of aromatic nitrogens is 1. The Morgan fingerprint density at radius 1 is 1.24 bits per heavy atom. The number of benzene rings is 1. The monoisotopic (exact) mass is 344 g/mol. The number of carbonyl (C=O) groups excluding carboxylic acids is 2. The quantitative estimate of drug-likeness (QED) is 0.820. The lowest BCUT2D eigenvalue weighted by Crippen LogP contribution is -2.31. The van der Waals surface area contributed by atoms with Crippen LogP contribution in [0.1, 0.15) is 34.6 Å². The van der Waals surface area contributed by atoms with Crippen molar-refractivity contribution in [3.63, 3.8) is 0 Å². The standard InChI is InChI=1S/C19H21FN2O3/c1-12-9-17(13(2)22(12)16-7-5-15(20)6-8-16)19(24)21-10-18(23)25-11-14-3-4-14/h5-9,14H,3-4,10-11H2,1-2H3,(H,21,24). The van der Waals surface area contributed by atoms with E-state index in [1.807, 2.05) is 18.4 Å². The predicted octanol–water partition coefficient (Wildman–Crippen LogP) is 2.92. The summed E-state index contributed by atoms with van der Waals surface area (Å²) in [5, 5.41) is 2.60. The molecule has 5 nitrogen and oxygen atoms in total. The first-order valence-corrected chi connectivity index (χ1v) is 8.34. The lowest BCUT2D eigenvalue weighted by atomic mass is 10.2. The topological polar surface area (TPSA) is 60.3 Å². The SMILES string of the molecule is Cc1cc(C(=O)NCC(=O)OCC2CC2)c(C)n1-c1ccc(F)cc1. The molecule has 3 rings (SSSR count). The average Bonchev–Trinajstić information content (AvgIpc) is 3.37. The second-order valence-corrected chi connectivity index (χ2v) is 6.41. The lowest BCUT2D eigenvalue weighted by Gasteiger charge is -2.10. The van der Waals surface area contributed by atoms with Crippen LogP contribution in [-0.4, -0.2) is 29.6 Å². The fourth-order valence-electron chi connectivity index (χ4n) is 2.77. The average molecular weight is 344 g/mol. The summed E-state index contributed by atoms with van der Waals surface area (Å²) >= 11 is 0. The zero-order valence-corrected chi connectivity index (χ0v) is 14.3. The molecule has 0 spiro atoms. The predicted molar refractivity (Wildman–Crippen MR) is 91.2 cm³/mol. The molecule has 0 radical (unpaired) electrons. The number of hydrogen-bond donors (Lipinski definition) is 1. The Balaban J connectivity index is 1.67. The fraction of sp³-hybridized carbons (Fsp3) is 0.368. The summed E-state index contributed by atoms with van der Waals surface area (Å²) in [6, 6.07) is 7.83. The van der Waals surface area contributed by atoms with E-state index in [4.69, 9.17) is 4.74 Å². The molecule has 1 saturated carbocycles. The van der Waals surface area contributed by atoms with Gasteiger partial charge in [0.15, 0.2) is 0 Å². The molecule has 132 valence electrons. The van der Waals surface area contributed by atoms with Gasteiger partial charge in [-0.1, -0.05) is 0 Å². The van der Waals surface area contributed by atoms with Crippen molar-refractivity contribution in [1.82, 2.24) is 9.88 Å². The maximum Gasteiger partial charge on any atom is 0.325 e. The van der Waals surface area contributed by atoms with Crippen molar-refractivity contribution in [2.45, 2.75) is 26.7 Å². The second-order valence-electron chi connectivity index (χ2n) is 6.41. The smallest absolute Gasteiger partial charge is 0.325 e. The summed E-state index contributed by atoms with van der Waals surface area (Å²) < 4.78 is 20.1. The summed E-state index contributed by atoms with van der Waals surface area (Å²) in [6.45, 7) is 3.98. The number of nitrogens with one attached hydrogen (secondary N) is 1. The number of ether oxygens (including phenoxy) is 1. The molecule has 0 unspecified atom stereocenters. The minimum atomic E-state index is -0.424. The molecule has 0 atom stereocenters. The van der Waals surface area contributed by atoms with Gasteiger partial charge in [0.05, 0.1) is 12.2 Å². The number of nitrogens with zero attached hydrogens (tertiary/aromatic N) is 1. The van der Waals surface area contributed by atoms with E-state index < -0.39 is 5.97 Å². The third-order valence-corrected chi connectivity index (χ3v) is 4.33. The van der Waals surface area contributed by atoms with Crippen molar-refractivity contribution >= 4 is 11.9 Å². The van der Waals surface area contributed by atoms with Crippen LogP contribution in [0.2, 0.25) is 0 Å². The fourth-order valence-corrected chi connectivity index (χ4v) is 2.77. The largest absolute Gasteiger partial charge is 0.464 e. The van der Waals surface area contributed by atoms with Crippen LogP contribution < -0.4 is 5.32 Å². The molecule has 0 aliphatic heterocycles. The Morgan fingerprint density at radius 3 is 2.56 bits per heavy atom. The van der Waals surface area contributed by atoms with Gasteiger partial charge >= 0.3 is 5.97 Å². The van der Waals surface area contributed by atoms with Gasteiger partial charge in [-0.25, -0.2) is 4.39 Å². The van der Waals surface area contributed by atoms with Gasteiger partial charge < -0.3 is 14.6 Å². The van der Waals surface area contributed by atoms with E-state index in [0.29, 0.717) is 18.1 Å². The number of amides is 1. The molecular weight excluding hydrogens is 323 g/mol. The van der Waals surface area contributed by atoms with Gasteiger partial charge in [-0.15, -0.1) is 0 Å². The first-order valence-electron chi connectivity index (χ1n) is 8.34. The number of esters is 1. The summed E-state index contributed by atoms with van der Waals surface area (Å²) in [4.78, 5) is 24.0. The summed E-state index contributed by atoms with van der Waals surface area (Å²) in [6.07, 6.45) is 2.21. The molecule has 25 heavy (non-hydrogen) atoms. The molecule has 1 aliphatic rings. The van der Waals surface area contributed by atoms with Gasteiger partial charge in [-0.05, 0) is 62.9 Å². The highest BCUT2D eigenvalue weighted by molar-refractivity contribution is 5.97. The molecule has 1 aromatic carbocycles. The summed E-state index contributed by atoms with van der Waals surface area (Å²) in [7, 11) is 0. The van der Waals surface area contributed by atoms with Crippen LogP contribution in [0, 0.1) is 25.6 Å². The van der Waals surface area contributed by atoms with Crippen LogP contribution >= 0.6 is 0 Å². The second kappa shape index (κ2) is 7.09. The van der Waals surface area contributed by atoms with E-state index >= 15 is 0 Å². The zero-order valence-electron chi connectivity index (χ0n) is 14.3. The van der Waals surface area contributed by atoms with E-state index in [-0.39, 0.29) is 18.3 Å². The molecule has 6 heteroatoms. The number of rotatable bonds is 6. The molecular formula is C19H21FN2O3. The van der Waals surface area contributed by atoms with Gasteiger partial charge in [0, 0.05) is 17.1 Å². The van der Waals surface area contributed by atoms with Crippen LogP contribution in [0.15, 0.2) is 30.3 Å². The number of aryl methyl sites for hydroxylation is 1. The van der Waals surface area contributed by atoms with E-state index in [1.165, 1.54) is 12.1 Å². The Hall–Kier alpha value is -2.63. The highest BCUT2D eigenvalue weighted by atomic mass is 19.1. The van der Waals surface area contributed by atoms with E-state index in [2.05, 4.69) is 5.32 Å². The van der Waals surface area contributed by atoms with Crippen LogP contribution in [-0.2, 0) is 9.53 Å². The van der Waals surface area contributed by atoms with Gasteiger partial charge in [-0.3, -0.25) is 9.59 Å². The highest BCUT2D eigenvalue weighted by Gasteiger charge is 2.23. The van der Waals surface area contributed by atoms with Gasteiger partial charge in [0.1, 0.15) is 12.4 Å². The molecule has 0 saturated heterocycles. The molecule has 0 bridgehead atoms. The lowest BCUT2D eigenvalue weighted by molar-refractivity contribution is -0.142. The number of hydrogen-bond acceptors (Lipinski definition) is 3. The first-order chi connectivity index (χ1) is 12.0. The molecule has 1 heterocycles. The maximum absolute atomic E-state index is 13.1. The van der Waals surface area contributed by atoms with Crippen molar-refractivity contribution in [2.24, 2.45) is 5.92 Å². The van der Waals surface area contributed by atoms with Crippen molar-refractivity contribution in [2.75, 3.05) is 13.2 Å². The van der Waals surface area contributed by atoms with Crippen molar-refractivity contribution in [3.05, 3.63) is 53.1 Å². The third-order valence-electron chi connectivity index (χ3n) is 4.33. The summed E-state index contributed by atoms with van der Waals surface area (Å²) in [5.41, 5.74) is 2.84. The molecule has 1 aliphatic carbocycles. The normalized spacial score (nSPS) is 13.6. The molecule has 1 amide bonds. The minimum Gasteiger partial charge on any atom is -0.464 e. The number of halogens is 1. The van der Waals surface area contributed by atoms with Crippen LogP contribution in [0.4, 0.5) is 4.39 Å². The van der Waals surface area contributed by atoms with E-state index in [1.54, 1.807) is 18.2 Å². The van der Waals surface area contributed by atoms with Crippen molar-refractivity contribution in [3.8, 4) is 5.69 Å².